The molecule has 0 heterocycles. The predicted octanol–water partition coefficient (Wildman–Crippen LogP) is -2.02. The Bertz CT molecular complexity index is 265. The van der Waals surface area contributed by atoms with Crippen LogP contribution in [-0.2, 0) is 14.4 Å². The molecule has 7 heteroatoms. The molecule has 2 amide bonds. The van der Waals surface area contributed by atoms with Crippen LogP contribution >= 0.6 is 24.8 Å². The number of hydrogen-bond donors (Lipinski definition) is 1. The number of carbonyl (C=O) groups is 2. The second-order valence-corrected chi connectivity index (χ2v) is 2.82. The van der Waals surface area contributed by atoms with E-state index in [0.29, 0.717) is 5.06 Å². The fourth-order valence-electron chi connectivity index (χ4n) is 0.442. The largest absolute Gasteiger partial charge is 1.00 e. The third kappa shape index (κ3) is 5.56. The van der Waals surface area contributed by atoms with E-state index in [4.69, 9.17) is 0 Å². The van der Waals surface area contributed by atoms with Gasteiger partial charge in [-0.2, -0.15) is 0 Å². The summed E-state index contributed by atoms with van der Waals surface area (Å²) in [6.07, 6.45) is 1.82. The van der Waals surface area contributed by atoms with E-state index in [0.717, 1.165) is 12.2 Å². The van der Waals surface area contributed by atoms with Crippen LogP contribution in [0.5, 0.6) is 0 Å². The van der Waals surface area contributed by atoms with Crippen LogP contribution in [0, 0.1) is 0 Å². The Morgan fingerprint density at radius 2 is 1.71 bits per heavy atom. The molecule has 0 saturated carbocycles. The minimum absolute atomic E-state index is 0. The summed E-state index contributed by atoms with van der Waals surface area (Å²) in [5.74, 6) is -1.47. The molecule has 0 radical (unpaired) electrons. The summed E-state index contributed by atoms with van der Waals surface area (Å²) in [7, 11) is 0. The van der Waals surface area contributed by atoms with E-state index in [1.165, 1.54) is 0 Å². The molecule has 0 fully saturated rings. The van der Waals surface area contributed by atoms with E-state index in [1.807, 2.05) is 0 Å². The molecule has 0 spiro atoms. The van der Waals surface area contributed by atoms with E-state index in [2.05, 4.69) is 42.8 Å². The van der Waals surface area contributed by atoms with Gasteiger partial charge in [-0.15, -0.1) is 0 Å². The first kappa shape index (κ1) is 16.3. The average molecular weight is 241 g/mol. The number of amides is 2. The number of rotatable bonds is 2. The van der Waals surface area contributed by atoms with Crippen molar-refractivity contribution in [2.45, 2.75) is 0 Å². The summed E-state index contributed by atoms with van der Waals surface area (Å²) in [4.78, 5) is 26.5. The van der Waals surface area contributed by atoms with Crippen molar-refractivity contribution in [2.75, 3.05) is 0 Å². The molecule has 0 aromatic rings. The zero-order valence-electron chi connectivity index (χ0n) is 8.60. The van der Waals surface area contributed by atoms with Crippen molar-refractivity contribution in [3.63, 3.8) is 0 Å². The van der Waals surface area contributed by atoms with Gasteiger partial charge in [0.15, 0.2) is 0 Å². The third-order valence-electron chi connectivity index (χ3n) is 0.919. The van der Waals surface area contributed by atoms with Crippen LogP contribution < -0.4 is 29.6 Å². The summed E-state index contributed by atoms with van der Waals surface area (Å²) in [5.41, 5.74) is 0. The number of thiocarbonyl (C=S) groups is 1. The zero-order valence-corrected chi connectivity index (χ0v) is 11.3. The van der Waals surface area contributed by atoms with Crippen molar-refractivity contribution in [1.82, 2.24) is 5.06 Å². The number of nitrogens with zero attached hydrogens (tertiary/aromatic N) is 1. The van der Waals surface area contributed by atoms with Crippen molar-refractivity contribution in [2.24, 2.45) is 0 Å². The Morgan fingerprint density at radius 3 is 1.93 bits per heavy atom. The number of hydrogen-bond acceptors (Lipinski definition) is 4. The molecule has 72 valence electrons. The molecule has 0 atom stereocenters. The quantitative estimate of drug-likeness (QED) is 0.199. The van der Waals surface area contributed by atoms with Gasteiger partial charge >= 0.3 is 29.6 Å². The van der Waals surface area contributed by atoms with Crippen LogP contribution in [0.2, 0.25) is 0 Å². The standard InChI is InChI=1S/C7H7NO3S2.Na.H/c1-3-5(9)8(6(10)4-2)11-7(12)13;;/h3-4H,1-2H2,(H,12,13);;/q;+1;-1. The molecular formula is C7H8NNaO3S2. The van der Waals surface area contributed by atoms with E-state index in [1.54, 1.807) is 0 Å². The van der Waals surface area contributed by atoms with Crippen molar-refractivity contribution < 1.29 is 45.4 Å². The van der Waals surface area contributed by atoms with Crippen molar-refractivity contribution in [3.05, 3.63) is 25.3 Å². The summed E-state index contributed by atoms with van der Waals surface area (Å²) in [6.45, 7) is 6.36. The second kappa shape index (κ2) is 8.19. The second-order valence-electron chi connectivity index (χ2n) is 1.74. The predicted molar refractivity (Wildman–Crippen MR) is 56.0 cm³/mol. The van der Waals surface area contributed by atoms with Crippen LogP contribution in [0.25, 0.3) is 0 Å². The van der Waals surface area contributed by atoms with Gasteiger partial charge in [0.2, 0.25) is 0 Å². The maximum atomic E-state index is 11.0. The van der Waals surface area contributed by atoms with Gasteiger partial charge in [-0.3, -0.25) is 9.59 Å². The minimum atomic E-state index is -0.735. The summed E-state index contributed by atoms with van der Waals surface area (Å²) in [5, 5.41) is 0.412. The van der Waals surface area contributed by atoms with Crippen LogP contribution in [0.15, 0.2) is 25.3 Å². The summed E-state index contributed by atoms with van der Waals surface area (Å²) < 4.78 is -0.245. The smallest absolute Gasteiger partial charge is 1.00 e. The normalized spacial score (nSPS) is 7.79. The Hall–Kier alpha value is -0.140. The molecular weight excluding hydrogens is 233 g/mol. The fraction of sp³-hybridized carbons (Fsp3) is 0. The number of carbonyl (C=O) groups excluding carboxylic acids is 2. The Kier molecular flexibility index (Phi) is 9.53. The van der Waals surface area contributed by atoms with Crippen LogP contribution in [0.1, 0.15) is 1.43 Å². The van der Waals surface area contributed by atoms with Crippen LogP contribution in [0.3, 0.4) is 0 Å². The third-order valence-corrected chi connectivity index (χ3v) is 1.08. The van der Waals surface area contributed by atoms with Crippen LogP contribution in [0.4, 0.5) is 0 Å². The van der Waals surface area contributed by atoms with Crippen LogP contribution in [-0.4, -0.2) is 21.3 Å². The first-order valence-corrected chi connectivity index (χ1v) is 3.92. The van der Waals surface area contributed by atoms with Gasteiger partial charge in [0.1, 0.15) is 0 Å². The molecule has 0 aromatic carbocycles. The van der Waals surface area contributed by atoms with E-state index >= 15 is 0 Å². The maximum Gasteiger partial charge on any atom is 1.00 e. The molecule has 0 N–H and O–H groups in total. The number of thiol groups is 1. The summed E-state index contributed by atoms with van der Waals surface area (Å²) >= 11 is 8.03. The monoisotopic (exact) mass is 241 g/mol. The Balaban J connectivity index is -0.000000720. The van der Waals surface area contributed by atoms with Gasteiger partial charge < -0.3 is 6.26 Å². The van der Waals surface area contributed by atoms with E-state index < -0.39 is 11.8 Å². The minimum Gasteiger partial charge on any atom is -1.00 e. The molecule has 14 heavy (non-hydrogen) atoms. The first-order valence-electron chi connectivity index (χ1n) is 3.06. The van der Waals surface area contributed by atoms with E-state index in [-0.39, 0.29) is 35.4 Å². The Labute approximate surface area is 116 Å². The molecule has 0 unspecified atom stereocenters. The van der Waals surface area contributed by atoms with Crippen molar-refractivity contribution in [1.29, 1.82) is 0 Å². The molecule has 0 aromatic heterocycles. The fourth-order valence-corrected chi connectivity index (χ4v) is 0.599. The zero-order chi connectivity index (χ0) is 10.4. The van der Waals surface area contributed by atoms with Crippen molar-refractivity contribution in [3.8, 4) is 0 Å². The summed E-state index contributed by atoms with van der Waals surface area (Å²) in [6, 6.07) is 0. The van der Waals surface area contributed by atoms with Gasteiger partial charge in [0.05, 0.1) is 0 Å². The van der Waals surface area contributed by atoms with Gasteiger partial charge in [0, 0.05) is 0 Å². The molecule has 0 aliphatic heterocycles. The van der Waals surface area contributed by atoms with Gasteiger partial charge in [-0.05, 0) is 24.4 Å². The average Bonchev–Trinajstić information content (AvgIpc) is 2.11. The Morgan fingerprint density at radius 1 is 1.36 bits per heavy atom. The van der Waals surface area contributed by atoms with E-state index in [9.17, 15) is 9.59 Å². The topological polar surface area (TPSA) is 46.6 Å². The first-order chi connectivity index (χ1) is 6.02. The number of hydroxylamine groups is 2. The molecule has 0 saturated heterocycles. The maximum absolute atomic E-state index is 11.0. The number of imide groups is 1. The SMILES string of the molecule is C=CC(=O)N(OC(=S)S)C(=O)C=C.[H-].[Na+]. The molecule has 0 aliphatic carbocycles. The molecule has 0 bridgehead atoms. The van der Waals surface area contributed by atoms with Crippen molar-refractivity contribution >= 4 is 41.0 Å². The molecule has 4 nitrogen and oxygen atoms in total. The molecule has 0 aliphatic rings. The van der Waals surface area contributed by atoms with Gasteiger partial charge in [0.25, 0.3) is 16.2 Å². The van der Waals surface area contributed by atoms with Gasteiger partial charge in [-0.25, -0.2) is 0 Å². The van der Waals surface area contributed by atoms with Gasteiger partial charge in [-0.1, -0.05) is 30.8 Å². The molecule has 0 rings (SSSR count).